The van der Waals surface area contributed by atoms with Crippen molar-refractivity contribution in [2.45, 2.75) is 26.2 Å². The van der Waals surface area contributed by atoms with Gasteiger partial charge in [0.05, 0.1) is 6.61 Å². The summed E-state index contributed by atoms with van der Waals surface area (Å²) >= 11 is 0. The van der Waals surface area contributed by atoms with Gasteiger partial charge in [-0.3, -0.25) is 0 Å². The molecule has 0 aliphatic heterocycles. The standard InChI is InChI=1S/C20H17F4NO/c1-2-3-4-7-26-14-10-19(23)15(20(24)11-14)6-5-13-8-17(21)16(12-25)18(22)9-13/h2-3,8-11H,4-7H2,1H3/b3-2+. The fraction of sp³-hybridized carbons (Fsp3) is 0.250. The van der Waals surface area contributed by atoms with Crippen LogP contribution < -0.4 is 4.74 Å². The number of aryl methyl sites for hydroxylation is 1. The van der Waals surface area contributed by atoms with Crippen LogP contribution in [0.4, 0.5) is 17.6 Å². The summed E-state index contributed by atoms with van der Waals surface area (Å²) in [7, 11) is 0. The minimum Gasteiger partial charge on any atom is -0.493 e. The van der Waals surface area contributed by atoms with Crippen molar-refractivity contribution in [1.82, 2.24) is 0 Å². The molecule has 2 aromatic carbocycles. The van der Waals surface area contributed by atoms with E-state index in [4.69, 9.17) is 10.00 Å². The third kappa shape index (κ3) is 4.85. The molecular weight excluding hydrogens is 346 g/mol. The molecular formula is C20H17F4NO. The molecule has 136 valence electrons. The van der Waals surface area contributed by atoms with Crippen molar-refractivity contribution in [3.8, 4) is 11.8 Å². The monoisotopic (exact) mass is 363 g/mol. The van der Waals surface area contributed by atoms with E-state index in [0.717, 1.165) is 24.3 Å². The second-order valence-corrected chi connectivity index (χ2v) is 5.62. The molecule has 0 aliphatic rings. The number of ether oxygens (including phenoxy) is 1. The number of hydrogen-bond donors (Lipinski definition) is 0. The van der Waals surface area contributed by atoms with Crippen molar-refractivity contribution in [2.24, 2.45) is 0 Å². The highest BCUT2D eigenvalue weighted by Gasteiger charge is 2.14. The lowest BCUT2D eigenvalue weighted by atomic mass is 10.0. The van der Waals surface area contributed by atoms with Crippen molar-refractivity contribution >= 4 is 0 Å². The Morgan fingerprint density at radius 2 is 1.58 bits per heavy atom. The van der Waals surface area contributed by atoms with Gasteiger partial charge in [0.2, 0.25) is 0 Å². The Balaban J connectivity index is 2.09. The Hall–Kier alpha value is -2.81. The van der Waals surface area contributed by atoms with E-state index in [2.05, 4.69) is 0 Å². The predicted molar refractivity (Wildman–Crippen MR) is 89.8 cm³/mol. The summed E-state index contributed by atoms with van der Waals surface area (Å²) in [5.74, 6) is -3.45. The molecule has 0 unspecified atom stereocenters. The largest absolute Gasteiger partial charge is 0.493 e. The molecule has 2 nitrogen and oxygen atoms in total. The number of benzene rings is 2. The van der Waals surface area contributed by atoms with Gasteiger partial charge >= 0.3 is 0 Å². The average molecular weight is 363 g/mol. The van der Waals surface area contributed by atoms with Crippen LogP contribution in [-0.4, -0.2) is 6.61 Å². The van der Waals surface area contributed by atoms with Gasteiger partial charge in [-0.15, -0.1) is 0 Å². The van der Waals surface area contributed by atoms with Gasteiger partial charge in [-0.1, -0.05) is 12.2 Å². The number of hydrogen-bond acceptors (Lipinski definition) is 2. The first-order valence-electron chi connectivity index (χ1n) is 8.06. The molecule has 0 saturated heterocycles. The van der Waals surface area contributed by atoms with E-state index in [1.165, 1.54) is 6.07 Å². The number of nitrogens with zero attached hydrogens (tertiary/aromatic N) is 1. The quantitative estimate of drug-likeness (QED) is 0.383. The number of allylic oxidation sites excluding steroid dienone is 1. The van der Waals surface area contributed by atoms with Crippen LogP contribution in [0.15, 0.2) is 36.4 Å². The molecule has 0 bridgehead atoms. The van der Waals surface area contributed by atoms with Crippen LogP contribution in [0.5, 0.6) is 5.75 Å². The third-order valence-corrected chi connectivity index (χ3v) is 3.78. The maximum Gasteiger partial charge on any atom is 0.144 e. The molecule has 0 amide bonds. The van der Waals surface area contributed by atoms with Gasteiger partial charge in [0, 0.05) is 17.7 Å². The van der Waals surface area contributed by atoms with Crippen molar-refractivity contribution in [3.63, 3.8) is 0 Å². The number of nitriles is 1. The van der Waals surface area contributed by atoms with Gasteiger partial charge in [-0.2, -0.15) is 5.26 Å². The van der Waals surface area contributed by atoms with E-state index < -0.39 is 28.8 Å². The first-order valence-corrected chi connectivity index (χ1v) is 8.06. The topological polar surface area (TPSA) is 33.0 Å². The average Bonchev–Trinajstić information content (AvgIpc) is 2.58. The Morgan fingerprint density at radius 3 is 2.12 bits per heavy atom. The van der Waals surface area contributed by atoms with E-state index in [9.17, 15) is 17.6 Å². The summed E-state index contributed by atoms with van der Waals surface area (Å²) in [5.41, 5.74) is -0.647. The molecule has 26 heavy (non-hydrogen) atoms. The van der Waals surface area contributed by atoms with E-state index in [1.54, 1.807) is 0 Å². The molecule has 0 radical (unpaired) electrons. The summed E-state index contributed by atoms with van der Waals surface area (Å²) < 4.78 is 60.7. The van der Waals surface area contributed by atoms with Crippen molar-refractivity contribution in [3.05, 3.63) is 76.4 Å². The second kappa shape index (κ2) is 9.04. The lowest BCUT2D eigenvalue weighted by Gasteiger charge is -2.10. The Morgan fingerprint density at radius 1 is 0.962 bits per heavy atom. The van der Waals surface area contributed by atoms with Gasteiger partial charge in [-0.05, 0) is 43.9 Å². The Labute approximate surface area is 149 Å². The summed E-state index contributed by atoms with van der Waals surface area (Å²) in [6.45, 7) is 2.16. The van der Waals surface area contributed by atoms with Gasteiger partial charge in [0.15, 0.2) is 0 Å². The number of halogens is 4. The zero-order valence-electron chi connectivity index (χ0n) is 14.2. The molecule has 0 fully saturated rings. The van der Waals surface area contributed by atoms with Gasteiger partial charge in [0.1, 0.15) is 40.7 Å². The van der Waals surface area contributed by atoms with Gasteiger partial charge in [0.25, 0.3) is 0 Å². The minimum atomic E-state index is -0.992. The molecule has 0 aromatic heterocycles. The zero-order chi connectivity index (χ0) is 19.1. The first kappa shape index (κ1) is 19.5. The third-order valence-electron chi connectivity index (χ3n) is 3.78. The highest BCUT2D eigenvalue weighted by atomic mass is 19.1. The molecule has 6 heteroatoms. The van der Waals surface area contributed by atoms with Crippen molar-refractivity contribution < 1.29 is 22.3 Å². The van der Waals surface area contributed by atoms with Crippen molar-refractivity contribution in [1.29, 1.82) is 5.26 Å². The fourth-order valence-corrected chi connectivity index (χ4v) is 2.46. The summed E-state index contributed by atoms with van der Waals surface area (Å²) in [6.07, 6.45) is 4.28. The smallest absolute Gasteiger partial charge is 0.144 e. The normalized spacial score (nSPS) is 10.9. The molecule has 0 heterocycles. The molecule has 0 saturated carbocycles. The fourth-order valence-electron chi connectivity index (χ4n) is 2.46. The second-order valence-electron chi connectivity index (χ2n) is 5.62. The van der Waals surface area contributed by atoms with Crippen LogP contribution in [0.2, 0.25) is 0 Å². The molecule has 0 aliphatic carbocycles. The van der Waals surface area contributed by atoms with Gasteiger partial charge in [-0.25, -0.2) is 17.6 Å². The van der Waals surface area contributed by atoms with Crippen LogP contribution >= 0.6 is 0 Å². The highest BCUT2D eigenvalue weighted by Crippen LogP contribution is 2.23. The predicted octanol–water partition coefficient (Wildman–Crippen LogP) is 5.24. The SMILES string of the molecule is C/C=C/CCOc1cc(F)c(CCc2cc(F)c(C#N)c(F)c2)c(F)c1. The minimum absolute atomic E-state index is 0.0227. The lowest BCUT2D eigenvalue weighted by Crippen LogP contribution is -2.03. The molecule has 0 spiro atoms. The first-order chi connectivity index (χ1) is 12.5. The number of rotatable bonds is 7. The molecule has 2 aromatic rings. The van der Waals surface area contributed by atoms with E-state index in [0.29, 0.717) is 13.0 Å². The lowest BCUT2D eigenvalue weighted by molar-refractivity contribution is 0.320. The van der Waals surface area contributed by atoms with E-state index in [-0.39, 0.29) is 29.7 Å². The maximum atomic E-state index is 14.1. The highest BCUT2D eigenvalue weighted by molar-refractivity contribution is 5.36. The molecule has 0 atom stereocenters. The van der Waals surface area contributed by atoms with Crippen LogP contribution in [0.1, 0.15) is 30.0 Å². The summed E-state index contributed by atoms with van der Waals surface area (Å²) in [5, 5.41) is 8.64. The van der Waals surface area contributed by atoms with Crippen LogP contribution in [0, 0.1) is 34.6 Å². The summed E-state index contributed by atoms with van der Waals surface area (Å²) in [4.78, 5) is 0. The van der Waals surface area contributed by atoms with E-state index >= 15 is 0 Å². The van der Waals surface area contributed by atoms with Crippen LogP contribution in [0.3, 0.4) is 0 Å². The van der Waals surface area contributed by atoms with Crippen LogP contribution in [-0.2, 0) is 12.8 Å². The molecule has 2 rings (SSSR count). The Bertz CT molecular complexity index is 809. The molecule has 0 N–H and O–H groups in total. The summed E-state index contributed by atoms with van der Waals surface area (Å²) in [6, 6.07) is 5.60. The Kier molecular flexibility index (Phi) is 6.79. The van der Waals surface area contributed by atoms with E-state index in [1.807, 2.05) is 19.1 Å². The van der Waals surface area contributed by atoms with Gasteiger partial charge < -0.3 is 4.74 Å². The maximum absolute atomic E-state index is 14.1. The van der Waals surface area contributed by atoms with Crippen LogP contribution in [0.25, 0.3) is 0 Å². The zero-order valence-corrected chi connectivity index (χ0v) is 14.2. The van der Waals surface area contributed by atoms with Crippen molar-refractivity contribution in [2.75, 3.05) is 6.61 Å².